The molecule has 0 bridgehead atoms. The lowest BCUT2D eigenvalue weighted by atomic mass is 10.00. The van der Waals surface area contributed by atoms with Gasteiger partial charge in [-0.15, -0.1) is 0 Å². The van der Waals surface area contributed by atoms with Crippen molar-refractivity contribution in [1.82, 2.24) is 9.97 Å². The average Bonchev–Trinajstić information content (AvgIpc) is 2.38. The van der Waals surface area contributed by atoms with Gasteiger partial charge in [0.25, 0.3) is 0 Å². The monoisotopic (exact) mass is 330 g/mol. The van der Waals surface area contributed by atoms with Crippen LogP contribution in [0.2, 0.25) is 0 Å². The standard InChI is InChI=1S/C12H6BrF3N2O/c13-8-1-2-9(10(3-8)12(14,15)16)11(19)7-4-17-6-18-5-7/h1-6H. The summed E-state index contributed by atoms with van der Waals surface area (Å²) in [4.78, 5) is 19.3. The van der Waals surface area contributed by atoms with Crippen molar-refractivity contribution in [1.29, 1.82) is 0 Å². The van der Waals surface area contributed by atoms with Gasteiger partial charge in [0.2, 0.25) is 0 Å². The van der Waals surface area contributed by atoms with Gasteiger partial charge in [-0.05, 0) is 18.2 Å². The summed E-state index contributed by atoms with van der Waals surface area (Å²) in [6.07, 6.45) is -1.05. The lowest BCUT2D eigenvalue weighted by molar-refractivity contribution is -0.137. The lowest BCUT2D eigenvalue weighted by Crippen LogP contribution is -2.14. The predicted molar refractivity (Wildman–Crippen MR) is 64.6 cm³/mol. The number of ketones is 1. The number of hydrogen-bond acceptors (Lipinski definition) is 3. The molecule has 0 aliphatic heterocycles. The van der Waals surface area contributed by atoms with Gasteiger partial charge in [0.15, 0.2) is 5.78 Å². The van der Waals surface area contributed by atoms with Crippen molar-refractivity contribution in [3.05, 3.63) is 58.1 Å². The predicted octanol–water partition coefficient (Wildman–Crippen LogP) is 3.49. The molecule has 0 radical (unpaired) electrons. The maximum atomic E-state index is 12.9. The van der Waals surface area contributed by atoms with Crippen molar-refractivity contribution in [3.63, 3.8) is 0 Å². The summed E-state index contributed by atoms with van der Waals surface area (Å²) < 4.78 is 39.0. The Morgan fingerprint density at radius 3 is 2.37 bits per heavy atom. The largest absolute Gasteiger partial charge is 0.417 e. The third-order valence-corrected chi connectivity index (χ3v) is 2.85. The van der Waals surface area contributed by atoms with Gasteiger partial charge in [-0.25, -0.2) is 9.97 Å². The summed E-state index contributed by atoms with van der Waals surface area (Å²) in [5, 5.41) is 0. The van der Waals surface area contributed by atoms with Crippen LogP contribution in [0.5, 0.6) is 0 Å². The van der Waals surface area contributed by atoms with Crippen LogP contribution < -0.4 is 0 Å². The van der Waals surface area contributed by atoms with Crippen molar-refractivity contribution >= 4 is 21.7 Å². The number of carbonyl (C=O) groups is 1. The van der Waals surface area contributed by atoms with Gasteiger partial charge in [-0.2, -0.15) is 13.2 Å². The molecule has 1 aromatic carbocycles. The van der Waals surface area contributed by atoms with E-state index in [4.69, 9.17) is 0 Å². The van der Waals surface area contributed by atoms with Gasteiger partial charge in [0.05, 0.1) is 11.1 Å². The summed E-state index contributed by atoms with van der Waals surface area (Å²) in [7, 11) is 0. The number of hydrogen-bond donors (Lipinski definition) is 0. The Morgan fingerprint density at radius 1 is 1.16 bits per heavy atom. The number of halogens is 4. The molecule has 0 fully saturated rings. The summed E-state index contributed by atoms with van der Waals surface area (Å²) >= 11 is 2.96. The zero-order chi connectivity index (χ0) is 14.0. The highest BCUT2D eigenvalue weighted by Gasteiger charge is 2.35. The second kappa shape index (κ2) is 5.08. The molecule has 1 heterocycles. The maximum absolute atomic E-state index is 12.9. The molecule has 2 aromatic rings. The van der Waals surface area contributed by atoms with E-state index >= 15 is 0 Å². The van der Waals surface area contributed by atoms with Crippen LogP contribution in [0.4, 0.5) is 13.2 Å². The summed E-state index contributed by atoms with van der Waals surface area (Å²) in [5.41, 5.74) is -1.41. The topological polar surface area (TPSA) is 42.9 Å². The molecular weight excluding hydrogens is 325 g/mol. The molecule has 0 amide bonds. The van der Waals surface area contributed by atoms with Crippen molar-refractivity contribution in [3.8, 4) is 0 Å². The summed E-state index contributed by atoms with van der Waals surface area (Å²) in [5.74, 6) is -0.763. The van der Waals surface area contributed by atoms with E-state index in [1.807, 2.05) is 0 Å². The molecule has 2 rings (SSSR count). The van der Waals surface area contributed by atoms with Gasteiger partial charge >= 0.3 is 6.18 Å². The fourth-order valence-corrected chi connectivity index (χ4v) is 1.88. The van der Waals surface area contributed by atoms with Crippen LogP contribution in [0.3, 0.4) is 0 Å². The van der Waals surface area contributed by atoms with Crippen LogP contribution in [0.1, 0.15) is 21.5 Å². The Balaban J connectivity index is 2.54. The Kier molecular flexibility index (Phi) is 3.66. The highest BCUT2D eigenvalue weighted by atomic mass is 79.9. The molecule has 7 heteroatoms. The quantitative estimate of drug-likeness (QED) is 0.791. The highest BCUT2D eigenvalue weighted by molar-refractivity contribution is 9.10. The molecule has 19 heavy (non-hydrogen) atoms. The molecular formula is C12H6BrF3N2O. The van der Waals surface area contributed by atoms with Gasteiger partial charge in [0, 0.05) is 22.4 Å². The molecule has 0 atom stereocenters. The van der Waals surface area contributed by atoms with E-state index in [-0.39, 0.29) is 10.0 Å². The maximum Gasteiger partial charge on any atom is 0.417 e. The Morgan fingerprint density at radius 2 is 1.79 bits per heavy atom. The third kappa shape index (κ3) is 2.98. The zero-order valence-corrected chi connectivity index (χ0v) is 10.9. The van der Waals surface area contributed by atoms with Crippen molar-refractivity contribution < 1.29 is 18.0 Å². The fourth-order valence-electron chi connectivity index (χ4n) is 1.52. The third-order valence-electron chi connectivity index (χ3n) is 2.35. The molecule has 0 spiro atoms. The van der Waals surface area contributed by atoms with E-state index in [0.29, 0.717) is 0 Å². The van der Waals surface area contributed by atoms with E-state index in [0.717, 1.165) is 12.1 Å². The van der Waals surface area contributed by atoms with Crippen LogP contribution in [-0.4, -0.2) is 15.8 Å². The summed E-state index contributed by atoms with van der Waals surface area (Å²) in [6, 6.07) is 3.38. The molecule has 0 N–H and O–H groups in total. The molecule has 0 aliphatic carbocycles. The molecule has 0 unspecified atom stereocenters. The average molecular weight is 331 g/mol. The second-order valence-corrected chi connectivity index (χ2v) is 4.56. The van der Waals surface area contributed by atoms with E-state index < -0.39 is 23.1 Å². The first kappa shape index (κ1) is 13.7. The number of carbonyl (C=O) groups excluding carboxylic acids is 1. The second-order valence-electron chi connectivity index (χ2n) is 3.64. The summed E-state index contributed by atoms with van der Waals surface area (Å²) in [6.45, 7) is 0. The van der Waals surface area contributed by atoms with Crippen LogP contribution in [0.25, 0.3) is 0 Å². The van der Waals surface area contributed by atoms with Crippen LogP contribution >= 0.6 is 15.9 Å². The minimum absolute atomic E-state index is 0.00956. The van der Waals surface area contributed by atoms with Gasteiger partial charge in [-0.1, -0.05) is 15.9 Å². The number of alkyl halides is 3. The normalized spacial score (nSPS) is 11.4. The SMILES string of the molecule is O=C(c1cncnc1)c1ccc(Br)cc1C(F)(F)F. The Bertz CT molecular complexity index is 614. The Labute approximate surface area is 114 Å². The number of rotatable bonds is 2. The van der Waals surface area contributed by atoms with E-state index in [9.17, 15) is 18.0 Å². The van der Waals surface area contributed by atoms with Crippen molar-refractivity contribution in [2.45, 2.75) is 6.18 Å². The number of nitrogens with zero attached hydrogens (tertiary/aromatic N) is 2. The van der Waals surface area contributed by atoms with E-state index in [1.165, 1.54) is 24.8 Å². The fraction of sp³-hybridized carbons (Fsp3) is 0.0833. The first-order valence-electron chi connectivity index (χ1n) is 5.06. The minimum Gasteiger partial charge on any atom is -0.288 e. The van der Waals surface area contributed by atoms with Crippen molar-refractivity contribution in [2.24, 2.45) is 0 Å². The molecule has 1 aromatic heterocycles. The zero-order valence-electron chi connectivity index (χ0n) is 9.28. The van der Waals surface area contributed by atoms with Crippen LogP contribution in [-0.2, 0) is 6.18 Å². The van der Waals surface area contributed by atoms with E-state index in [2.05, 4.69) is 25.9 Å². The number of benzene rings is 1. The molecule has 98 valence electrons. The number of aromatic nitrogens is 2. The molecule has 0 saturated carbocycles. The highest BCUT2D eigenvalue weighted by Crippen LogP contribution is 2.34. The first-order chi connectivity index (χ1) is 8.89. The van der Waals surface area contributed by atoms with Gasteiger partial charge in [0.1, 0.15) is 6.33 Å². The van der Waals surface area contributed by atoms with Crippen LogP contribution in [0.15, 0.2) is 41.4 Å². The molecule has 0 saturated heterocycles. The Hall–Kier alpha value is -1.76. The first-order valence-corrected chi connectivity index (χ1v) is 5.85. The van der Waals surface area contributed by atoms with E-state index in [1.54, 1.807) is 0 Å². The lowest BCUT2D eigenvalue weighted by Gasteiger charge is -2.12. The minimum atomic E-state index is -4.61. The smallest absolute Gasteiger partial charge is 0.288 e. The molecule has 0 aliphatic rings. The van der Waals surface area contributed by atoms with Crippen LogP contribution in [0, 0.1) is 0 Å². The van der Waals surface area contributed by atoms with Crippen molar-refractivity contribution in [2.75, 3.05) is 0 Å². The van der Waals surface area contributed by atoms with Gasteiger partial charge in [-0.3, -0.25) is 4.79 Å². The van der Waals surface area contributed by atoms with Gasteiger partial charge < -0.3 is 0 Å². The molecule has 3 nitrogen and oxygen atoms in total.